The summed E-state index contributed by atoms with van der Waals surface area (Å²) in [5, 5.41) is 2.59. The molecule has 2 N–H and O–H groups in total. The number of hydrogen-bond acceptors (Lipinski definition) is 5. The van der Waals surface area contributed by atoms with Gasteiger partial charge in [0.05, 0.1) is 17.4 Å². The monoisotopic (exact) mass is 385 g/mol. The summed E-state index contributed by atoms with van der Waals surface area (Å²) in [6.45, 7) is 4.57. The molecule has 0 radical (unpaired) electrons. The molecule has 8 heteroatoms. The summed E-state index contributed by atoms with van der Waals surface area (Å²) in [4.78, 5) is 23.4. The van der Waals surface area contributed by atoms with Gasteiger partial charge < -0.3 is 10.1 Å². The maximum Gasteiger partial charge on any atom is 0.267 e. The predicted molar refractivity (Wildman–Crippen MR) is 98.8 cm³/mol. The van der Waals surface area contributed by atoms with E-state index in [1.165, 1.54) is 20.8 Å². The predicted octanol–water partition coefficient (Wildman–Crippen LogP) is 2.01. The Morgan fingerprint density at radius 1 is 1.23 bits per heavy atom. The fraction of sp³-hybridized carbons (Fsp3) is 0.556. The first kappa shape index (κ1) is 22.3. The molecule has 0 aliphatic carbocycles. The average Bonchev–Trinajstić information content (AvgIpc) is 2.48. The van der Waals surface area contributed by atoms with E-state index in [1.807, 2.05) is 12.1 Å². The Kier molecular flexibility index (Phi) is 7.92. The normalized spacial score (nSPS) is 13.3. The number of methoxy groups -OCH3 is 1. The van der Waals surface area contributed by atoms with E-state index in [2.05, 4.69) is 5.32 Å². The van der Waals surface area contributed by atoms with Crippen molar-refractivity contribution >= 4 is 21.8 Å². The third-order valence-electron chi connectivity index (χ3n) is 3.81. The number of amides is 1. The molecule has 1 aromatic carbocycles. The second-order valence-corrected chi connectivity index (χ2v) is 8.52. The van der Waals surface area contributed by atoms with E-state index in [-0.39, 0.29) is 11.9 Å². The Balaban J connectivity index is 2.66. The van der Waals surface area contributed by atoms with Crippen LogP contribution in [0.3, 0.4) is 0 Å². The van der Waals surface area contributed by atoms with Crippen molar-refractivity contribution in [1.82, 2.24) is 5.32 Å². The lowest BCUT2D eigenvalue weighted by atomic mass is 10.0. The number of Topliss-reactive ketones (excluding diaryl/α,β-unsaturated/α-hetero) is 1. The van der Waals surface area contributed by atoms with E-state index < -0.39 is 27.3 Å². The lowest BCUT2D eigenvalue weighted by molar-refractivity contribution is -0.119. The molecule has 0 aliphatic heterocycles. The molecular formula is C18H27NO6S. The summed E-state index contributed by atoms with van der Waals surface area (Å²) in [7, 11) is -2.61. The summed E-state index contributed by atoms with van der Waals surface area (Å²) in [6, 6.07) is 6.93. The van der Waals surface area contributed by atoms with Gasteiger partial charge in [-0.1, -0.05) is 12.1 Å². The Labute approximate surface area is 154 Å². The summed E-state index contributed by atoms with van der Waals surface area (Å²) in [5.74, 6) is -0.911. The largest absolute Gasteiger partial charge is 0.381 e. The van der Waals surface area contributed by atoms with Crippen molar-refractivity contribution in [3.8, 4) is 0 Å². The van der Waals surface area contributed by atoms with Crippen LogP contribution in [0.1, 0.15) is 49.5 Å². The molecule has 0 spiro atoms. The molecular weight excluding hydrogens is 358 g/mol. The van der Waals surface area contributed by atoms with Crippen LogP contribution in [0.5, 0.6) is 0 Å². The molecule has 0 aromatic heterocycles. The zero-order valence-corrected chi connectivity index (χ0v) is 16.4. The quantitative estimate of drug-likeness (QED) is 0.596. The van der Waals surface area contributed by atoms with Crippen LogP contribution in [0.15, 0.2) is 24.3 Å². The van der Waals surface area contributed by atoms with Gasteiger partial charge in [-0.3, -0.25) is 14.1 Å². The van der Waals surface area contributed by atoms with E-state index >= 15 is 0 Å². The first-order valence-electron chi connectivity index (χ1n) is 8.31. The number of nitrogens with one attached hydrogen (secondary N) is 1. The van der Waals surface area contributed by atoms with E-state index in [0.29, 0.717) is 24.8 Å². The van der Waals surface area contributed by atoms with Gasteiger partial charge in [0.15, 0.2) is 0 Å². The molecule has 146 valence electrons. The summed E-state index contributed by atoms with van der Waals surface area (Å²) in [6.07, 6.45) is 1.65. The lowest BCUT2D eigenvalue weighted by Crippen LogP contribution is -2.48. The first-order valence-corrected chi connectivity index (χ1v) is 9.91. The molecule has 0 fully saturated rings. The molecule has 1 amide bonds. The van der Waals surface area contributed by atoms with E-state index in [1.54, 1.807) is 19.2 Å². The third kappa shape index (κ3) is 8.55. The van der Waals surface area contributed by atoms with Crippen LogP contribution in [-0.4, -0.2) is 49.2 Å². The summed E-state index contributed by atoms with van der Waals surface area (Å²) in [5.41, 5.74) is 0.301. The van der Waals surface area contributed by atoms with Crippen molar-refractivity contribution in [1.29, 1.82) is 0 Å². The molecule has 0 heterocycles. The molecule has 7 nitrogen and oxygen atoms in total. The number of rotatable bonds is 10. The van der Waals surface area contributed by atoms with Crippen molar-refractivity contribution in [2.24, 2.45) is 0 Å². The van der Waals surface area contributed by atoms with Crippen molar-refractivity contribution in [3.05, 3.63) is 35.4 Å². The molecule has 1 aromatic rings. The van der Waals surface area contributed by atoms with Crippen LogP contribution in [0, 0.1) is 0 Å². The molecule has 26 heavy (non-hydrogen) atoms. The number of ketones is 1. The number of carbonyl (C=O) groups excluding carboxylic acids is 2. The van der Waals surface area contributed by atoms with E-state index in [9.17, 15) is 18.0 Å². The highest BCUT2D eigenvalue weighted by Gasteiger charge is 2.27. The zero-order chi connectivity index (χ0) is 20.0. The maximum atomic E-state index is 12.2. The van der Waals surface area contributed by atoms with Gasteiger partial charge in [0.2, 0.25) is 0 Å². The van der Waals surface area contributed by atoms with Crippen molar-refractivity contribution in [2.75, 3.05) is 12.9 Å². The van der Waals surface area contributed by atoms with Crippen LogP contribution < -0.4 is 5.32 Å². The van der Waals surface area contributed by atoms with Gasteiger partial charge in [0.25, 0.3) is 16.0 Å². The summed E-state index contributed by atoms with van der Waals surface area (Å²) >= 11 is 0. The van der Waals surface area contributed by atoms with Gasteiger partial charge in [-0.25, -0.2) is 0 Å². The molecule has 0 saturated carbocycles. The molecule has 0 bridgehead atoms. The molecule has 1 unspecified atom stereocenters. The second kappa shape index (κ2) is 9.25. The number of hydrogen-bond donors (Lipinski definition) is 2. The Morgan fingerprint density at radius 3 is 2.27 bits per heavy atom. The minimum Gasteiger partial charge on any atom is -0.381 e. The third-order valence-corrected chi connectivity index (χ3v) is 4.90. The standard InChI is InChI=1S/C18H27NO6S/c1-13(20)11-16(25-4)10-7-14-5-8-15(9-6-14)17(21)19-18(2,3)12-26(22,23)24/h5-6,8-9,16H,7,10-12H2,1-4H3,(H,19,21)(H,22,23,24). The first-order chi connectivity index (χ1) is 11.9. The molecule has 0 aliphatic rings. The van der Waals surface area contributed by atoms with Gasteiger partial charge in [0.1, 0.15) is 5.78 Å². The molecule has 1 atom stereocenters. The number of benzene rings is 1. The molecule has 0 saturated heterocycles. The van der Waals surface area contributed by atoms with Crippen LogP contribution in [0.2, 0.25) is 0 Å². The number of aryl methyl sites for hydroxylation is 1. The van der Waals surface area contributed by atoms with Crippen molar-refractivity contribution in [2.45, 2.75) is 51.7 Å². The average molecular weight is 385 g/mol. The zero-order valence-electron chi connectivity index (χ0n) is 15.6. The Bertz CT molecular complexity index is 725. The highest BCUT2D eigenvalue weighted by atomic mass is 32.2. The minimum absolute atomic E-state index is 0.0800. The number of ether oxygens (including phenoxy) is 1. The SMILES string of the molecule is COC(CCc1ccc(C(=O)NC(C)(C)CS(=O)(=O)O)cc1)CC(C)=O. The topological polar surface area (TPSA) is 110 Å². The fourth-order valence-corrected chi connectivity index (χ4v) is 3.63. The highest BCUT2D eigenvalue weighted by Crippen LogP contribution is 2.13. The Hall–Kier alpha value is -1.77. The van der Waals surface area contributed by atoms with Gasteiger partial charge in [-0.05, 0) is 51.3 Å². The van der Waals surface area contributed by atoms with Gasteiger partial charge >= 0.3 is 0 Å². The summed E-state index contributed by atoms with van der Waals surface area (Å²) < 4.78 is 36.2. The Morgan fingerprint density at radius 2 is 1.81 bits per heavy atom. The van der Waals surface area contributed by atoms with E-state index in [4.69, 9.17) is 9.29 Å². The fourth-order valence-electron chi connectivity index (χ4n) is 2.65. The van der Waals surface area contributed by atoms with Crippen LogP contribution in [0.25, 0.3) is 0 Å². The lowest BCUT2D eigenvalue weighted by Gasteiger charge is -2.24. The second-order valence-electron chi connectivity index (χ2n) is 7.06. The van der Waals surface area contributed by atoms with Crippen LogP contribution in [0.4, 0.5) is 0 Å². The van der Waals surface area contributed by atoms with Crippen LogP contribution >= 0.6 is 0 Å². The minimum atomic E-state index is -4.19. The number of carbonyl (C=O) groups is 2. The van der Waals surface area contributed by atoms with E-state index in [0.717, 1.165) is 5.56 Å². The van der Waals surface area contributed by atoms with Crippen molar-refractivity contribution in [3.63, 3.8) is 0 Å². The van der Waals surface area contributed by atoms with Gasteiger partial charge in [0, 0.05) is 19.1 Å². The molecule has 1 rings (SSSR count). The smallest absolute Gasteiger partial charge is 0.267 e. The van der Waals surface area contributed by atoms with Gasteiger partial charge in [-0.15, -0.1) is 0 Å². The maximum absolute atomic E-state index is 12.2. The van der Waals surface area contributed by atoms with Crippen molar-refractivity contribution < 1.29 is 27.3 Å². The van der Waals surface area contributed by atoms with Gasteiger partial charge in [-0.2, -0.15) is 8.42 Å². The van der Waals surface area contributed by atoms with Crippen LogP contribution in [-0.2, 0) is 26.1 Å². The highest BCUT2D eigenvalue weighted by molar-refractivity contribution is 7.85.